The number of amidine groups is 1. The monoisotopic (exact) mass is 381 g/mol. The zero-order valence-corrected chi connectivity index (χ0v) is 15.6. The van der Waals surface area contributed by atoms with Gasteiger partial charge in [-0.1, -0.05) is 12.1 Å². The highest BCUT2D eigenvalue weighted by atomic mass is 32.1. The number of thiophene rings is 1. The lowest BCUT2D eigenvalue weighted by Gasteiger charge is -2.41. The van der Waals surface area contributed by atoms with Crippen molar-refractivity contribution in [2.75, 3.05) is 6.54 Å². The number of hydrogen-bond donors (Lipinski definition) is 2. The third kappa shape index (κ3) is 3.23. The van der Waals surface area contributed by atoms with Gasteiger partial charge in [-0.25, -0.2) is 4.98 Å². The first-order valence-corrected chi connectivity index (χ1v) is 9.56. The van der Waals surface area contributed by atoms with E-state index in [1.54, 1.807) is 47.8 Å². The fraction of sp³-hybridized carbons (Fsp3) is 0.263. The summed E-state index contributed by atoms with van der Waals surface area (Å²) in [5, 5.41) is 4.98. The minimum atomic E-state index is -0.986. The lowest BCUT2D eigenvalue weighted by atomic mass is 9.91. The molecule has 138 valence electrons. The molecule has 0 radical (unpaired) electrons. The molecule has 1 atom stereocenters. The number of aromatic nitrogens is 2. The lowest BCUT2D eigenvalue weighted by molar-refractivity contribution is -0.134. The molecule has 0 aromatic carbocycles. The van der Waals surface area contributed by atoms with E-state index in [2.05, 4.69) is 20.3 Å². The first-order valence-electron chi connectivity index (χ1n) is 8.68. The molecule has 0 saturated heterocycles. The molecule has 0 saturated carbocycles. The smallest absolute Gasteiger partial charge is 0.250 e. The van der Waals surface area contributed by atoms with Crippen molar-refractivity contribution >= 4 is 29.0 Å². The standard InChI is InChI=1S/C19H19N5O2S/c1-19(11-16(25)23-15-6-2-3-9-24(15)19)18(26)20-8-7-13-17(22-12-21-13)14-5-4-10-27-14/h2-6,9-10,12H,7-8,11H2,1H3,(H,20,26)(H,21,22). The van der Waals surface area contributed by atoms with Gasteiger partial charge in [0.1, 0.15) is 17.1 Å². The van der Waals surface area contributed by atoms with Crippen LogP contribution in [0.4, 0.5) is 0 Å². The summed E-state index contributed by atoms with van der Waals surface area (Å²) in [7, 11) is 0. The maximum Gasteiger partial charge on any atom is 0.250 e. The average Bonchev–Trinajstić information content (AvgIpc) is 3.32. The summed E-state index contributed by atoms with van der Waals surface area (Å²) in [5.74, 6) is 0.0211. The van der Waals surface area contributed by atoms with E-state index in [9.17, 15) is 9.59 Å². The van der Waals surface area contributed by atoms with Gasteiger partial charge in [-0.3, -0.25) is 9.59 Å². The van der Waals surface area contributed by atoms with E-state index in [0.717, 1.165) is 16.3 Å². The van der Waals surface area contributed by atoms with Crippen molar-refractivity contribution in [2.45, 2.75) is 25.3 Å². The number of hydrogen-bond acceptors (Lipinski definition) is 5. The van der Waals surface area contributed by atoms with Gasteiger partial charge < -0.3 is 15.2 Å². The lowest BCUT2D eigenvalue weighted by Crippen LogP contribution is -2.60. The van der Waals surface area contributed by atoms with Crippen molar-refractivity contribution in [3.05, 3.63) is 54.0 Å². The summed E-state index contributed by atoms with van der Waals surface area (Å²) in [4.78, 5) is 39.3. The Kier molecular flexibility index (Phi) is 4.49. The molecule has 4 rings (SSSR count). The van der Waals surface area contributed by atoms with Crippen LogP contribution in [0.2, 0.25) is 0 Å². The van der Waals surface area contributed by atoms with Crippen LogP contribution in [-0.2, 0) is 16.0 Å². The number of nitrogens with zero attached hydrogens (tertiary/aromatic N) is 3. The highest BCUT2D eigenvalue weighted by Crippen LogP contribution is 2.28. The maximum absolute atomic E-state index is 12.9. The Hall–Kier alpha value is -3.00. The normalized spacial score (nSPS) is 21.1. The van der Waals surface area contributed by atoms with Gasteiger partial charge in [0.25, 0.3) is 5.91 Å². The highest BCUT2D eigenvalue weighted by molar-refractivity contribution is 7.13. The van der Waals surface area contributed by atoms with E-state index >= 15 is 0 Å². The molecular weight excluding hydrogens is 362 g/mol. The van der Waals surface area contributed by atoms with Crippen LogP contribution >= 0.6 is 11.3 Å². The van der Waals surface area contributed by atoms with Crippen LogP contribution in [0.5, 0.6) is 0 Å². The molecule has 27 heavy (non-hydrogen) atoms. The number of imidazole rings is 1. The van der Waals surface area contributed by atoms with Crippen LogP contribution in [-0.4, -0.2) is 44.6 Å². The van der Waals surface area contributed by atoms with Gasteiger partial charge in [0.05, 0.1) is 17.6 Å². The largest absolute Gasteiger partial charge is 0.354 e. The molecule has 0 spiro atoms. The van der Waals surface area contributed by atoms with Crippen molar-refractivity contribution in [3.63, 3.8) is 0 Å². The summed E-state index contributed by atoms with van der Waals surface area (Å²) in [6.45, 7) is 2.22. The van der Waals surface area contributed by atoms with E-state index < -0.39 is 5.54 Å². The van der Waals surface area contributed by atoms with Crippen LogP contribution in [0, 0.1) is 0 Å². The Bertz CT molecular complexity index is 957. The fourth-order valence-electron chi connectivity index (χ4n) is 3.31. The minimum absolute atomic E-state index is 0.0466. The van der Waals surface area contributed by atoms with Crippen LogP contribution < -0.4 is 5.32 Å². The minimum Gasteiger partial charge on any atom is -0.354 e. The number of rotatable bonds is 5. The molecule has 2 aromatic rings. The molecule has 2 aliphatic rings. The molecule has 1 unspecified atom stereocenters. The first-order chi connectivity index (χ1) is 13.1. The molecule has 0 fully saturated rings. The van der Waals surface area contributed by atoms with Gasteiger partial charge in [0.15, 0.2) is 0 Å². The van der Waals surface area contributed by atoms with Gasteiger partial charge in [0, 0.05) is 24.9 Å². The van der Waals surface area contributed by atoms with Crippen LogP contribution in [0.15, 0.2) is 53.3 Å². The predicted molar refractivity (Wildman–Crippen MR) is 104 cm³/mol. The van der Waals surface area contributed by atoms with Crippen molar-refractivity contribution in [1.29, 1.82) is 0 Å². The Morgan fingerprint density at radius 3 is 3.15 bits per heavy atom. The van der Waals surface area contributed by atoms with Crippen LogP contribution in [0.3, 0.4) is 0 Å². The molecule has 8 heteroatoms. The fourth-order valence-corrected chi connectivity index (χ4v) is 4.06. The zero-order valence-electron chi connectivity index (χ0n) is 14.8. The molecule has 2 aliphatic heterocycles. The molecule has 2 amide bonds. The SMILES string of the molecule is CC1(C(=O)NCCc2[nH]cnc2-c2cccs2)CC(=O)N=C2C=CC=CN21. The molecule has 4 heterocycles. The summed E-state index contributed by atoms with van der Waals surface area (Å²) in [6, 6.07) is 4.01. The number of H-pyrrole nitrogens is 1. The second kappa shape index (κ2) is 6.96. The Morgan fingerprint density at radius 1 is 1.44 bits per heavy atom. The van der Waals surface area contributed by atoms with Crippen LogP contribution in [0.1, 0.15) is 19.0 Å². The topological polar surface area (TPSA) is 90.4 Å². The number of amides is 2. The summed E-state index contributed by atoms with van der Waals surface area (Å²) < 4.78 is 0. The second-order valence-corrected chi connectivity index (χ2v) is 7.55. The molecular formula is C19H19N5O2S. The molecule has 0 bridgehead atoms. The number of aromatic amines is 1. The zero-order chi connectivity index (χ0) is 18.9. The van der Waals surface area contributed by atoms with Gasteiger partial charge in [-0.15, -0.1) is 11.3 Å². The van der Waals surface area contributed by atoms with Crippen LogP contribution in [0.25, 0.3) is 10.6 Å². The third-order valence-electron chi connectivity index (χ3n) is 4.73. The summed E-state index contributed by atoms with van der Waals surface area (Å²) in [5.41, 5.74) is 0.905. The number of fused-ring (bicyclic) bond motifs is 1. The molecule has 2 aromatic heterocycles. The van der Waals surface area contributed by atoms with Gasteiger partial charge in [-0.05, 0) is 30.5 Å². The highest BCUT2D eigenvalue weighted by Gasteiger charge is 2.44. The summed E-state index contributed by atoms with van der Waals surface area (Å²) >= 11 is 1.63. The van der Waals surface area contributed by atoms with E-state index in [4.69, 9.17) is 0 Å². The molecule has 2 N–H and O–H groups in total. The number of nitrogens with one attached hydrogen (secondary N) is 2. The van der Waals surface area contributed by atoms with Gasteiger partial charge >= 0.3 is 0 Å². The Labute approximate surface area is 160 Å². The average molecular weight is 381 g/mol. The van der Waals surface area contributed by atoms with Crippen molar-refractivity contribution in [2.24, 2.45) is 4.99 Å². The second-order valence-electron chi connectivity index (χ2n) is 6.60. The summed E-state index contributed by atoms with van der Waals surface area (Å²) in [6.07, 6.45) is 9.50. The van der Waals surface area contributed by atoms with Crippen molar-refractivity contribution in [3.8, 4) is 10.6 Å². The van der Waals surface area contributed by atoms with Crippen molar-refractivity contribution in [1.82, 2.24) is 20.2 Å². The number of carbonyl (C=O) groups excluding carboxylic acids is 2. The number of carbonyl (C=O) groups is 2. The van der Waals surface area contributed by atoms with E-state index in [1.165, 1.54) is 0 Å². The van der Waals surface area contributed by atoms with E-state index in [1.807, 2.05) is 23.6 Å². The van der Waals surface area contributed by atoms with E-state index in [-0.39, 0.29) is 18.2 Å². The third-order valence-corrected chi connectivity index (χ3v) is 5.60. The van der Waals surface area contributed by atoms with Gasteiger partial charge in [0.2, 0.25) is 5.91 Å². The predicted octanol–water partition coefficient (Wildman–Crippen LogP) is 2.27. The molecule has 7 nitrogen and oxygen atoms in total. The Morgan fingerprint density at radius 2 is 2.33 bits per heavy atom. The number of aliphatic imine (C=N–C) groups is 1. The number of allylic oxidation sites excluding steroid dienone is 2. The Balaban J connectivity index is 1.44. The quantitative estimate of drug-likeness (QED) is 0.831. The maximum atomic E-state index is 12.9. The van der Waals surface area contributed by atoms with Gasteiger partial charge in [-0.2, -0.15) is 4.99 Å². The van der Waals surface area contributed by atoms with E-state index in [0.29, 0.717) is 18.8 Å². The van der Waals surface area contributed by atoms with Crippen molar-refractivity contribution < 1.29 is 9.59 Å². The molecule has 0 aliphatic carbocycles. The first kappa shape index (κ1) is 17.4.